The third-order valence-corrected chi connectivity index (χ3v) is 4.52. The third-order valence-electron chi connectivity index (χ3n) is 4.52. The molecule has 1 aliphatic carbocycles. The zero-order chi connectivity index (χ0) is 16.7. The lowest BCUT2D eigenvalue weighted by molar-refractivity contribution is -0.384. The second-order valence-corrected chi connectivity index (χ2v) is 5.95. The van der Waals surface area contributed by atoms with Crippen LogP contribution in [0, 0.1) is 10.1 Å². The van der Waals surface area contributed by atoms with Gasteiger partial charge >= 0.3 is 0 Å². The van der Waals surface area contributed by atoms with Crippen LogP contribution in [0.4, 0.5) is 5.69 Å². The van der Waals surface area contributed by atoms with Crippen molar-refractivity contribution < 1.29 is 4.92 Å². The van der Waals surface area contributed by atoms with E-state index < -0.39 is 4.92 Å². The SMILES string of the molecule is O=c1c2c(n(-c3cccc([N+](=O)[O-])c3)c3ncccc13)CCCC2. The van der Waals surface area contributed by atoms with E-state index in [1.165, 1.54) is 12.1 Å². The highest BCUT2D eigenvalue weighted by Gasteiger charge is 2.21. The Balaban J connectivity index is 2.11. The lowest BCUT2D eigenvalue weighted by Gasteiger charge is -2.22. The molecule has 0 bridgehead atoms. The monoisotopic (exact) mass is 321 g/mol. The van der Waals surface area contributed by atoms with Gasteiger partial charge in [0.1, 0.15) is 5.65 Å². The normalized spacial score (nSPS) is 13.7. The summed E-state index contributed by atoms with van der Waals surface area (Å²) >= 11 is 0. The Morgan fingerprint density at radius 3 is 2.79 bits per heavy atom. The van der Waals surface area contributed by atoms with Gasteiger partial charge in [0.2, 0.25) is 0 Å². The Kier molecular flexibility index (Phi) is 3.37. The fourth-order valence-corrected chi connectivity index (χ4v) is 3.45. The van der Waals surface area contributed by atoms with Gasteiger partial charge in [0.25, 0.3) is 5.69 Å². The van der Waals surface area contributed by atoms with Crippen molar-refractivity contribution in [1.82, 2.24) is 9.55 Å². The minimum atomic E-state index is -0.409. The molecule has 24 heavy (non-hydrogen) atoms. The number of aromatic nitrogens is 2. The van der Waals surface area contributed by atoms with Crippen LogP contribution in [0.3, 0.4) is 0 Å². The molecule has 0 N–H and O–H groups in total. The van der Waals surface area contributed by atoms with E-state index in [1.54, 1.807) is 24.4 Å². The number of hydrogen-bond donors (Lipinski definition) is 0. The maximum Gasteiger partial charge on any atom is 0.271 e. The van der Waals surface area contributed by atoms with Crippen molar-refractivity contribution in [3.05, 3.63) is 74.2 Å². The molecule has 6 heteroatoms. The average molecular weight is 321 g/mol. The van der Waals surface area contributed by atoms with E-state index in [0.717, 1.165) is 36.9 Å². The fourth-order valence-electron chi connectivity index (χ4n) is 3.45. The number of pyridine rings is 2. The number of hydrogen-bond acceptors (Lipinski definition) is 4. The number of nitrogens with zero attached hydrogens (tertiary/aromatic N) is 3. The number of benzene rings is 1. The molecule has 0 spiro atoms. The average Bonchev–Trinajstić information content (AvgIpc) is 2.62. The van der Waals surface area contributed by atoms with Gasteiger partial charge in [0.15, 0.2) is 5.43 Å². The van der Waals surface area contributed by atoms with Gasteiger partial charge in [-0.25, -0.2) is 4.98 Å². The van der Waals surface area contributed by atoms with Crippen LogP contribution in [0.1, 0.15) is 24.1 Å². The van der Waals surface area contributed by atoms with Gasteiger partial charge in [-0.15, -0.1) is 0 Å². The first-order valence-corrected chi connectivity index (χ1v) is 7.93. The summed E-state index contributed by atoms with van der Waals surface area (Å²) in [7, 11) is 0. The van der Waals surface area contributed by atoms with Gasteiger partial charge in [-0.3, -0.25) is 19.5 Å². The molecule has 0 fully saturated rings. The molecule has 4 rings (SSSR count). The minimum absolute atomic E-state index is 0.0276. The summed E-state index contributed by atoms with van der Waals surface area (Å²) in [5.74, 6) is 0. The maximum atomic E-state index is 12.8. The Morgan fingerprint density at radius 2 is 1.96 bits per heavy atom. The largest absolute Gasteiger partial charge is 0.298 e. The molecule has 6 nitrogen and oxygen atoms in total. The molecule has 0 atom stereocenters. The van der Waals surface area contributed by atoms with E-state index in [0.29, 0.717) is 16.7 Å². The number of non-ortho nitro benzene ring substituents is 1. The molecule has 1 aromatic carbocycles. The topological polar surface area (TPSA) is 78.0 Å². The van der Waals surface area contributed by atoms with E-state index in [1.807, 2.05) is 10.6 Å². The Labute approximate surface area is 137 Å². The van der Waals surface area contributed by atoms with Crippen molar-refractivity contribution in [3.63, 3.8) is 0 Å². The highest BCUT2D eigenvalue weighted by atomic mass is 16.6. The highest BCUT2D eigenvalue weighted by molar-refractivity contribution is 5.78. The number of fused-ring (bicyclic) bond motifs is 2. The van der Waals surface area contributed by atoms with E-state index in [9.17, 15) is 14.9 Å². The van der Waals surface area contributed by atoms with Crippen LogP contribution in [0.15, 0.2) is 47.4 Å². The lowest BCUT2D eigenvalue weighted by atomic mass is 9.94. The van der Waals surface area contributed by atoms with Gasteiger partial charge in [-0.2, -0.15) is 0 Å². The summed E-state index contributed by atoms with van der Waals surface area (Å²) in [5, 5.41) is 11.7. The number of rotatable bonds is 2. The molecule has 0 saturated carbocycles. The van der Waals surface area contributed by atoms with Crippen LogP contribution >= 0.6 is 0 Å². The summed E-state index contributed by atoms with van der Waals surface area (Å²) < 4.78 is 1.91. The van der Waals surface area contributed by atoms with E-state index in [2.05, 4.69) is 4.98 Å². The number of nitro benzene ring substituents is 1. The quantitative estimate of drug-likeness (QED) is 0.536. The molecule has 0 saturated heterocycles. The van der Waals surface area contributed by atoms with Gasteiger partial charge in [0.05, 0.1) is 16.0 Å². The van der Waals surface area contributed by atoms with Crippen molar-refractivity contribution in [2.24, 2.45) is 0 Å². The molecule has 120 valence electrons. The molecule has 0 aliphatic heterocycles. The first-order valence-electron chi connectivity index (χ1n) is 7.93. The van der Waals surface area contributed by atoms with Crippen molar-refractivity contribution >= 4 is 16.7 Å². The zero-order valence-corrected chi connectivity index (χ0v) is 12.9. The standard InChI is InChI=1S/C18H15N3O3/c22-17-14-7-1-2-9-16(14)20(18-15(17)8-4-10-19-18)12-5-3-6-13(11-12)21(23)24/h3-6,8,10-11H,1-2,7,9H2. The van der Waals surface area contributed by atoms with Gasteiger partial charge in [-0.1, -0.05) is 6.07 Å². The minimum Gasteiger partial charge on any atom is -0.298 e. The maximum absolute atomic E-state index is 12.8. The van der Waals surface area contributed by atoms with Gasteiger partial charge in [0, 0.05) is 29.6 Å². The molecule has 0 amide bonds. The second-order valence-electron chi connectivity index (χ2n) is 5.95. The van der Waals surface area contributed by atoms with Crippen LogP contribution in [-0.4, -0.2) is 14.5 Å². The van der Waals surface area contributed by atoms with Crippen LogP contribution in [0.5, 0.6) is 0 Å². The Bertz CT molecular complexity index is 1020. The van der Waals surface area contributed by atoms with Crippen LogP contribution < -0.4 is 5.43 Å². The Hall–Kier alpha value is -3.02. The van der Waals surface area contributed by atoms with Crippen molar-refractivity contribution in [2.75, 3.05) is 0 Å². The summed E-state index contributed by atoms with van der Waals surface area (Å²) in [6.45, 7) is 0. The van der Waals surface area contributed by atoms with E-state index >= 15 is 0 Å². The van der Waals surface area contributed by atoms with Crippen LogP contribution in [0.2, 0.25) is 0 Å². The molecule has 3 aromatic rings. The van der Waals surface area contributed by atoms with Crippen molar-refractivity contribution in [1.29, 1.82) is 0 Å². The van der Waals surface area contributed by atoms with Crippen LogP contribution in [0.25, 0.3) is 16.7 Å². The predicted molar refractivity (Wildman–Crippen MR) is 90.6 cm³/mol. The summed E-state index contributed by atoms with van der Waals surface area (Å²) in [6, 6.07) is 10.0. The first kappa shape index (κ1) is 14.6. The molecule has 0 unspecified atom stereocenters. The van der Waals surface area contributed by atoms with E-state index in [4.69, 9.17) is 0 Å². The number of nitro groups is 1. The summed E-state index contributed by atoms with van der Waals surface area (Å²) in [4.78, 5) is 27.9. The predicted octanol–water partition coefficient (Wildman–Crippen LogP) is 3.17. The van der Waals surface area contributed by atoms with E-state index in [-0.39, 0.29) is 11.1 Å². The zero-order valence-electron chi connectivity index (χ0n) is 12.9. The van der Waals surface area contributed by atoms with Crippen molar-refractivity contribution in [2.45, 2.75) is 25.7 Å². The Morgan fingerprint density at radius 1 is 1.12 bits per heavy atom. The van der Waals surface area contributed by atoms with Crippen LogP contribution in [-0.2, 0) is 12.8 Å². The summed E-state index contributed by atoms with van der Waals surface area (Å²) in [5.41, 5.74) is 3.04. The molecule has 2 aromatic heterocycles. The molecule has 0 radical (unpaired) electrons. The smallest absolute Gasteiger partial charge is 0.271 e. The van der Waals surface area contributed by atoms with Gasteiger partial charge < -0.3 is 0 Å². The lowest BCUT2D eigenvalue weighted by Crippen LogP contribution is -2.23. The van der Waals surface area contributed by atoms with Gasteiger partial charge in [-0.05, 0) is 43.9 Å². The molecular weight excluding hydrogens is 306 g/mol. The second kappa shape index (κ2) is 5.56. The highest BCUT2D eigenvalue weighted by Crippen LogP contribution is 2.27. The third kappa shape index (κ3) is 2.19. The first-order chi connectivity index (χ1) is 11.7. The molecule has 1 aliphatic rings. The summed E-state index contributed by atoms with van der Waals surface area (Å²) in [6.07, 6.45) is 5.15. The molecular formula is C18H15N3O3. The van der Waals surface area contributed by atoms with Crippen molar-refractivity contribution in [3.8, 4) is 5.69 Å². The fraction of sp³-hybridized carbons (Fsp3) is 0.222. The molecule has 2 heterocycles.